The van der Waals surface area contributed by atoms with E-state index in [0.717, 1.165) is 53.5 Å². The maximum absolute atomic E-state index is 12.7. The summed E-state index contributed by atoms with van der Waals surface area (Å²) in [6.07, 6.45) is 4.28. The van der Waals surface area contributed by atoms with E-state index in [0.29, 0.717) is 11.3 Å². The van der Waals surface area contributed by atoms with E-state index in [9.17, 15) is 4.79 Å². The number of carbonyl (C=O) groups is 1. The lowest BCUT2D eigenvalue weighted by Crippen LogP contribution is -2.11. The summed E-state index contributed by atoms with van der Waals surface area (Å²) in [4.78, 5) is 22.4. The first-order valence-corrected chi connectivity index (χ1v) is 10.9. The number of benzene rings is 2. The molecule has 148 valence electrons. The number of aromatic nitrogens is 2. The fourth-order valence-corrected chi connectivity index (χ4v) is 4.57. The normalized spacial score (nSPS) is 13.0. The summed E-state index contributed by atoms with van der Waals surface area (Å²) in [6.45, 7) is 2.07. The van der Waals surface area contributed by atoms with Crippen molar-refractivity contribution >= 4 is 17.5 Å². The van der Waals surface area contributed by atoms with Crippen LogP contribution in [0, 0.1) is 6.92 Å². The molecule has 29 heavy (non-hydrogen) atoms. The number of ether oxygens (including phenoxy) is 1. The number of fused-ring (bicyclic) bond motifs is 1. The van der Waals surface area contributed by atoms with E-state index < -0.39 is 0 Å². The highest BCUT2D eigenvalue weighted by atomic mass is 32.2. The molecule has 2 aromatic carbocycles. The van der Waals surface area contributed by atoms with E-state index >= 15 is 0 Å². The number of rotatable bonds is 6. The minimum absolute atomic E-state index is 0.0953. The van der Waals surface area contributed by atoms with Gasteiger partial charge in [-0.05, 0) is 62.9 Å². The van der Waals surface area contributed by atoms with Crippen molar-refractivity contribution < 1.29 is 9.53 Å². The van der Waals surface area contributed by atoms with Crippen LogP contribution in [0.2, 0.25) is 0 Å². The van der Waals surface area contributed by atoms with Crippen LogP contribution >= 0.6 is 11.8 Å². The fraction of sp³-hybridized carbons (Fsp3) is 0.292. The standard InChI is InChI=1S/C24H24N2O2S/c1-16-6-5-7-18(14-16)23-25-21-9-4-3-8-20(21)24(26-23)29-15-22(27)17-10-12-19(28-2)13-11-17/h5-7,10-14H,3-4,8-9,15H2,1-2H3. The highest BCUT2D eigenvalue weighted by Gasteiger charge is 2.20. The number of ketones is 1. The zero-order valence-electron chi connectivity index (χ0n) is 16.8. The SMILES string of the molecule is COc1ccc(C(=O)CSc2nc(-c3cccc(C)c3)nc3c2CCCC3)cc1. The molecule has 3 aromatic rings. The van der Waals surface area contributed by atoms with Gasteiger partial charge in [-0.25, -0.2) is 9.97 Å². The van der Waals surface area contributed by atoms with Gasteiger partial charge in [0.1, 0.15) is 10.8 Å². The molecular formula is C24H24N2O2S. The second-order valence-corrected chi connectivity index (χ2v) is 8.26. The molecule has 0 fully saturated rings. The number of Topliss-reactive ketones (excluding diaryl/α,β-unsaturated/α-hetero) is 1. The molecule has 0 radical (unpaired) electrons. The number of carbonyl (C=O) groups excluding carboxylic acids is 1. The van der Waals surface area contributed by atoms with Crippen LogP contribution in [0.3, 0.4) is 0 Å². The number of aryl methyl sites for hydroxylation is 2. The number of hydrogen-bond acceptors (Lipinski definition) is 5. The van der Waals surface area contributed by atoms with E-state index in [4.69, 9.17) is 14.7 Å². The molecule has 0 N–H and O–H groups in total. The van der Waals surface area contributed by atoms with Crippen molar-refractivity contribution in [2.24, 2.45) is 0 Å². The summed E-state index contributed by atoms with van der Waals surface area (Å²) >= 11 is 1.53. The average molecular weight is 405 g/mol. The molecule has 1 heterocycles. The van der Waals surface area contributed by atoms with Crippen molar-refractivity contribution in [1.82, 2.24) is 9.97 Å². The Hall–Kier alpha value is -2.66. The van der Waals surface area contributed by atoms with E-state index in [1.807, 2.05) is 30.3 Å². The number of methoxy groups -OCH3 is 1. The average Bonchev–Trinajstić information content (AvgIpc) is 2.77. The predicted octanol–water partition coefficient (Wildman–Crippen LogP) is 5.31. The third kappa shape index (κ3) is 4.51. The lowest BCUT2D eigenvalue weighted by Gasteiger charge is -2.19. The van der Waals surface area contributed by atoms with E-state index in [2.05, 4.69) is 25.1 Å². The van der Waals surface area contributed by atoms with Gasteiger partial charge in [-0.15, -0.1) is 0 Å². The summed E-state index contributed by atoms with van der Waals surface area (Å²) in [5.41, 5.74) is 5.27. The predicted molar refractivity (Wildman–Crippen MR) is 117 cm³/mol. The van der Waals surface area contributed by atoms with Crippen molar-refractivity contribution in [3.8, 4) is 17.1 Å². The Morgan fingerprint density at radius 1 is 1.07 bits per heavy atom. The van der Waals surface area contributed by atoms with E-state index in [-0.39, 0.29) is 5.78 Å². The Morgan fingerprint density at radius 2 is 1.86 bits per heavy atom. The molecular weight excluding hydrogens is 380 g/mol. The van der Waals surface area contributed by atoms with Gasteiger partial charge in [0.05, 0.1) is 12.9 Å². The molecule has 0 aliphatic heterocycles. The van der Waals surface area contributed by atoms with Crippen molar-refractivity contribution in [3.63, 3.8) is 0 Å². The molecule has 1 aromatic heterocycles. The number of nitrogens with zero attached hydrogens (tertiary/aromatic N) is 2. The minimum atomic E-state index is 0.0953. The van der Waals surface area contributed by atoms with Crippen LogP contribution in [-0.4, -0.2) is 28.6 Å². The van der Waals surface area contributed by atoms with Crippen molar-refractivity contribution in [2.45, 2.75) is 37.6 Å². The lowest BCUT2D eigenvalue weighted by atomic mass is 9.97. The molecule has 0 unspecified atom stereocenters. The molecule has 0 bridgehead atoms. The summed E-state index contributed by atoms with van der Waals surface area (Å²) in [7, 11) is 1.62. The topological polar surface area (TPSA) is 52.1 Å². The van der Waals surface area contributed by atoms with Gasteiger partial charge in [-0.3, -0.25) is 4.79 Å². The van der Waals surface area contributed by atoms with Gasteiger partial charge in [0.25, 0.3) is 0 Å². The number of hydrogen-bond donors (Lipinski definition) is 0. The van der Waals surface area contributed by atoms with Crippen LogP contribution in [0.25, 0.3) is 11.4 Å². The Bertz CT molecular complexity index is 1030. The zero-order valence-corrected chi connectivity index (χ0v) is 17.6. The van der Waals surface area contributed by atoms with Crippen LogP contribution in [-0.2, 0) is 12.8 Å². The molecule has 0 spiro atoms. The van der Waals surface area contributed by atoms with Gasteiger partial charge in [0.15, 0.2) is 11.6 Å². The summed E-state index contributed by atoms with van der Waals surface area (Å²) in [5, 5.41) is 0.952. The number of thioether (sulfide) groups is 1. The fourth-order valence-electron chi connectivity index (χ4n) is 3.59. The van der Waals surface area contributed by atoms with Crippen molar-refractivity contribution in [1.29, 1.82) is 0 Å². The first kappa shape index (κ1) is 19.6. The monoisotopic (exact) mass is 404 g/mol. The Morgan fingerprint density at radius 3 is 2.62 bits per heavy atom. The highest BCUT2D eigenvalue weighted by Crippen LogP contribution is 2.31. The largest absolute Gasteiger partial charge is 0.497 e. The Kier molecular flexibility index (Phi) is 5.95. The summed E-state index contributed by atoms with van der Waals surface area (Å²) in [6, 6.07) is 15.5. The summed E-state index contributed by atoms with van der Waals surface area (Å²) in [5.74, 6) is 1.97. The van der Waals surface area contributed by atoms with Crippen LogP contribution in [0.15, 0.2) is 53.6 Å². The zero-order chi connectivity index (χ0) is 20.2. The van der Waals surface area contributed by atoms with Gasteiger partial charge in [-0.1, -0.05) is 35.5 Å². The van der Waals surface area contributed by atoms with Gasteiger partial charge in [0.2, 0.25) is 0 Å². The van der Waals surface area contributed by atoms with Crippen molar-refractivity contribution in [3.05, 3.63) is 70.9 Å². The van der Waals surface area contributed by atoms with Crippen LogP contribution in [0.1, 0.15) is 40.0 Å². The van der Waals surface area contributed by atoms with Crippen molar-refractivity contribution in [2.75, 3.05) is 12.9 Å². The first-order valence-electron chi connectivity index (χ1n) is 9.91. The second-order valence-electron chi connectivity index (χ2n) is 7.29. The summed E-state index contributed by atoms with van der Waals surface area (Å²) < 4.78 is 5.17. The molecule has 0 saturated carbocycles. The van der Waals surface area contributed by atoms with Gasteiger partial charge in [-0.2, -0.15) is 0 Å². The highest BCUT2D eigenvalue weighted by molar-refractivity contribution is 8.00. The minimum Gasteiger partial charge on any atom is -0.497 e. The molecule has 0 atom stereocenters. The first-order chi connectivity index (χ1) is 14.1. The lowest BCUT2D eigenvalue weighted by molar-refractivity contribution is 0.102. The maximum Gasteiger partial charge on any atom is 0.173 e. The Labute approximate surface area is 175 Å². The van der Waals surface area contributed by atoms with Gasteiger partial charge < -0.3 is 4.74 Å². The van der Waals surface area contributed by atoms with Crippen LogP contribution in [0.4, 0.5) is 0 Å². The van der Waals surface area contributed by atoms with Gasteiger partial charge in [0, 0.05) is 22.4 Å². The third-order valence-corrected chi connectivity index (χ3v) is 6.19. The maximum atomic E-state index is 12.7. The molecule has 4 nitrogen and oxygen atoms in total. The smallest absolute Gasteiger partial charge is 0.173 e. The van der Waals surface area contributed by atoms with Gasteiger partial charge >= 0.3 is 0 Å². The van der Waals surface area contributed by atoms with Crippen LogP contribution < -0.4 is 4.74 Å². The van der Waals surface area contributed by atoms with Crippen LogP contribution in [0.5, 0.6) is 5.75 Å². The van der Waals surface area contributed by atoms with E-state index in [1.54, 1.807) is 7.11 Å². The second kappa shape index (κ2) is 8.78. The third-order valence-electron chi connectivity index (χ3n) is 5.17. The molecule has 1 aliphatic carbocycles. The Balaban J connectivity index is 1.60. The molecule has 1 aliphatic rings. The molecule has 4 rings (SSSR count). The molecule has 0 amide bonds. The quantitative estimate of drug-likeness (QED) is 0.316. The molecule has 0 saturated heterocycles. The van der Waals surface area contributed by atoms with E-state index in [1.165, 1.54) is 22.9 Å². The molecule has 5 heteroatoms.